The number of benzene rings is 1. The molecule has 2 rings (SSSR count). The maximum absolute atomic E-state index is 12.0. The van der Waals surface area contributed by atoms with Crippen LogP contribution in [0.2, 0.25) is 0 Å². The van der Waals surface area contributed by atoms with Gasteiger partial charge in [0.25, 0.3) is 0 Å². The molecule has 0 N–H and O–H groups in total. The number of aryl methyl sites for hydroxylation is 2. The summed E-state index contributed by atoms with van der Waals surface area (Å²) in [6.45, 7) is 3.98. The molecule has 1 aromatic carbocycles. The molecule has 2 nitrogen and oxygen atoms in total. The van der Waals surface area contributed by atoms with Gasteiger partial charge >= 0.3 is 0 Å². The number of hydrogen-bond acceptors (Lipinski definition) is 3. The lowest BCUT2D eigenvalue weighted by molar-refractivity contribution is 0.103. The molecule has 0 aliphatic rings. The minimum absolute atomic E-state index is 0.00282. The molecule has 0 atom stereocenters. The average Bonchev–Trinajstić information content (AvgIpc) is 2.67. The molecule has 0 amide bonds. The normalized spacial score (nSPS) is 10.3. The third-order valence-electron chi connectivity index (χ3n) is 2.15. The van der Waals surface area contributed by atoms with E-state index in [1.54, 1.807) is 10.9 Å². The molecule has 76 valence electrons. The van der Waals surface area contributed by atoms with Gasteiger partial charge in [0.1, 0.15) is 5.69 Å². The van der Waals surface area contributed by atoms with Crippen molar-refractivity contribution >= 4 is 17.1 Å². The maximum atomic E-state index is 12.0. The molecule has 3 heteroatoms. The number of carbonyl (C=O) groups is 1. The van der Waals surface area contributed by atoms with Crippen molar-refractivity contribution in [3.05, 3.63) is 51.5 Å². The van der Waals surface area contributed by atoms with E-state index in [2.05, 4.69) is 11.1 Å². The monoisotopic (exact) mass is 217 g/mol. The lowest BCUT2D eigenvalue weighted by Gasteiger charge is -2.01. The first-order valence-corrected chi connectivity index (χ1v) is 5.62. The molecule has 0 aliphatic heterocycles. The largest absolute Gasteiger partial charge is 0.287 e. The van der Waals surface area contributed by atoms with Crippen LogP contribution in [0.4, 0.5) is 0 Å². The van der Waals surface area contributed by atoms with E-state index in [0.29, 0.717) is 5.69 Å². The first kappa shape index (κ1) is 10.1. The van der Waals surface area contributed by atoms with Crippen LogP contribution in [-0.4, -0.2) is 10.8 Å². The molecule has 0 unspecified atom stereocenters. The van der Waals surface area contributed by atoms with E-state index in [1.807, 2.05) is 26.0 Å². The van der Waals surface area contributed by atoms with E-state index in [4.69, 9.17) is 0 Å². The van der Waals surface area contributed by atoms with Gasteiger partial charge in [0.15, 0.2) is 0 Å². The zero-order chi connectivity index (χ0) is 10.8. The fourth-order valence-electron chi connectivity index (χ4n) is 1.58. The highest BCUT2D eigenvalue weighted by atomic mass is 32.1. The number of ketones is 1. The first-order chi connectivity index (χ1) is 7.16. The van der Waals surface area contributed by atoms with E-state index >= 15 is 0 Å². The van der Waals surface area contributed by atoms with E-state index in [1.165, 1.54) is 11.3 Å². The van der Waals surface area contributed by atoms with Gasteiger partial charge in [-0.15, -0.1) is 11.3 Å². The Hall–Kier alpha value is -1.48. The molecule has 1 aromatic heterocycles. The van der Waals surface area contributed by atoms with E-state index in [0.717, 1.165) is 16.7 Å². The summed E-state index contributed by atoms with van der Waals surface area (Å²) in [4.78, 5) is 16.0. The Morgan fingerprint density at radius 3 is 2.40 bits per heavy atom. The van der Waals surface area contributed by atoms with E-state index in [-0.39, 0.29) is 5.78 Å². The van der Waals surface area contributed by atoms with Crippen molar-refractivity contribution in [2.24, 2.45) is 0 Å². The molecule has 15 heavy (non-hydrogen) atoms. The van der Waals surface area contributed by atoms with Gasteiger partial charge in [-0.1, -0.05) is 17.2 Å². The Bertz CT molecular complexity index is 468. The quantitative estimate of drug-likeness (QED) is 0.724. The standard InChI is InChI=1S/C12H11NOS/c1-8-3-9(2)5-10(4-8)12(14)11-6-15-7-13-11/h3-7H,1-2H3. The zero-order valence-electron chi connectivity index (χ0n) is 8.65. The van der Waals surface area contributed by atoms with Crippen LogP contribution in [-0.2, 0) is 0 Å². The van der Waals surface area contributed by atoms with Crippen molar-refractivity contribution in [3.8, 4) is 0 Å². The van der Waals surface area contributed by atoms with Gasteiger partial charge in [-0.25, -0.2) is 4.98 Å². The van der Waals surface area contributed by atoms with Crippen molar-refractivity contribution in [2.45, 2.75) is 13.8 Å². The number of carbonyl (C=O) groups excluding carboxylic acids is 1. The highest BCUT2D eigenvalue weighted by Gasteiger charge is 2.11. The number of nitrogens with zero attached hydrogens (tertiary/aromatic N) is 1. The minimum atomic E-state index is 0.00282. The Labute approximate surface area is 92.6 Å². The van der Waals surface area contributed by atoms with Crippen LogP contribution in [0.3, 0.4) is 0 Å². The summed E-state index contributed by atoms with van der Waals surface area (Å²) < 4.78 is 0. The summed E-state index contributed by atoms with van der Waals surface area (Å²) in [6.07, 6.45) is 0. The Morgan fingerprint density at radius 2 is 1.87 bits per heavy atom. The van der Waals surface area contributed by atoms with E-state index in [9.17, 15) is 4.79 Å². The number of thiazole rings is 1. The summed E-state index contributed by atoms with van der Waals surface area (Å²) >= 11 is 1.44. The molecule has 0 radical (unpaired) electrons. The third kappa shape index (κ3) is 2.13. The average molecular weight is 217 g/mol. The van der Waals surface area contributed by atoms with Crippen molar-refractivity contribution in [1.82, 2.24) is 4.98 Å². The molecule has 0 saturated carbocycles. The summed E-state index contributed by atoms with van der Waals surface area (Å²) in [7, 11) is 0. The SMILES string of the molecule is Cc1cc(C)cc(C(=O)c2cscn2)c1. The lowest BCUT2D eigenvalue weighted by atomic mass is 10.0. The predicted octanol–water partition coefficient (Wildman–Crippen LogP) is 2.99. The van der Waals surface area contributed by atoms with Crippen LogP contribution in [0.25, 0.3) is 0 Å². The Kier molecular flexibility index (Phi) is 2.64. The van der Waals surface area contributed by atoms with Gasteiger partial charge < -0.3 is 0 Å². The molecule has 0 fully saturated rings. The maximum Gasteiger partial charge on any atom is 0.212 e. The van der Waals surface area contributed by atoms with Gasteiger partial charge in [-0.05, 0) is 26.0 Å². The van der Waals surface area contributed by atoms with Gasteiger partial charge in [-0.2, -0.15) is 0 Å². The second kappa shape index (κ2) is 3.95. The summed E-state index contributed by atoms with van der Waals surface area (Å²) in [5.41, 5.74) is 5.14. The topological polar surface area (TPSA) is 30.0 Å². The highest BCUT2D eigenvalue weighted by Crippen LogP contribution is 2.13. The Balaban J connectivity index is 2.42. The smallest absolute Gasteiger partial charge is 0.212 e. The van der Waals surface area contributed by atoms with Crippen LogP contribution in [0.15, 0.2) is 29.1 Å². The van der Waals surface area contributed by atoms with Gasteiger partial charge in [-0.3, -0.25) is 4.79 Å². The van der Waals surface area contributed by atoms with Crippen molar-refractivity contribution < 1.29 is 4.79 Å². The van der Waals surface area contributed by atoms with Crippen molar-refractivity contribution in [2.75, 3.05) is 0 Å². The molecule has 0 aliphatic carbocycles. The Morgan fingerprint density at radius 1 is 1.20 bits per heavy atom. The number of aromatic nitrogens is 1. The second-order valence-corrected chi connectivity index (χ2v) is 4.30. The van der Waals surface area contributed by atoms with Gasteiger partial charge in [0, 0.05) is 10.9 Å². The second-order valence-electron chi connectivity index (χ2n) is 3.58. The predicted molar refractivity (Wildman–Crippen MR) is 61.5 cm³/mol. The molecule has 1 heterocycles. The van der Waals surface area contributed by atoms with Crippen LogP contribution < -0.4 is 0 Å². The summed E-state index contributed by atoms with van der Waals surface area (Å²) in [5.74, 6) is 0.00282. The fourth-order valence-corrected chi connectivity index (χ4v) is 2.11. The third-order valence-corrected chi connectivity index (χ3v) is 2.74. The summed E-state index contributed by atoms with van der Waals surface area (Å²) in [6, 6.07) is 5.85. The molecular weight excluding hydrogens is 206 g/mol. The van der Waals surface area contributed by atoms with Crippen LogP contribution >= 0.6 is 11.3 Å². The van der Waals surface area contributed by atoms with Crippen molar-refractivity contribution in [1.29, 1.82) is 0 Å². The highest BCUT2D eigenvalue weighted by molar-refractivity contribution is 7.07. The lowest BCUT2D eigenvalue weighted by Crippen LogP contribution is -2.02. The van der Waals surface area contributed by atoms with Gasteiger partial charge in [0.05, 0.1) is 5.51 Å². The van der Waals surface area contributed by atoms with Crippen LogP contribution in [0, 0.1) is 13.8 Å². The van der Waals surface area contributed by atoms with Crippen LogP contribution in [0.5, 0.6) is 0 Å². The number of hydrogen-bond donors (Lipinski definition) is 0. The van der Waals surface area contributed by atoms with E-state index < -0.39 is 0 Å². The number of rotatable bonds is 2. The zero-order valence-corrected chi connectivity index (χ0v) is 9.47. The molecular formula is C12H11NOS. The first-order valence-electron chi connectivity index (χ1n) is 4.68. The van der Waals surface area contributed by atoms with Crippen LogP contribution in [0.1, 0.15) is 27.2 Å². The molecule has 2 aromatic rings. The van der Waals surface area contributed by atoms with Crippen molar-refractivity contribution in [3.63, 3.8) is 0 Å². The van der Waals surface area contributed by atoms with Gasteiger partial charge in [0.2, 0.25) is 5.78 Å². The molecule has 0 bridgehead atoms. The molecule has 0 saturated heterocycles. The molecule has 0 spiro atoms. The minimum Gasteiger partial charge on any atom is -0.287 e. The fraction of sp³-hybridized carbons (Fsp3) is 0.167. The summed E-state index contributed by atoms with van der Waals surface area (Å²) in [5, 5.41) is 1.78.